The fourth-order valence-corrected chi connectivity index (χ4v) is 2.57. The number of aromatic amines is 1. The van der Waals surface area contributed by atoms with Crippen molar-refractivity contribution in [2.24, 2.45) is 0 Å². The summed E-state index contributed by atoms with van der Waals surface area (Å²) in [4.78, 5) is 19.1. The van der Waals surface area contributed by atoms with E-state index < -0.39 is 21.0 Å². The zero-order valence-electron chi connectivity index (χ0n) is 10.7. The van der Waals surface area contributed by atoms with Gasteiger partial charge in [0, 0.05) is 6.20 Å². The monoisotopic (exact) mass is 331 g/mol. The molecule has 2 aromatic heterocycles. The second-order valence-corrected chi connectivity index (χ2v) is 5.65. The van der Waals surface area contributed by atoms with Crippen molar-refractivity contribution in [1.29, 1.82) is 0 Å². The van der Waals surface area contributed by atoms with E-state index in [1.807, 2.05) is 0 Å². The third-order valence-corrected chi connectivity index (χ3v) is 3.73. The first-order valence-electron chi connectivity index (χ1n) is 5.66. The van der Waals surface area contributed by atoms with Gasteiger partial charge in [-0.15, -0.1) is 0 Å². The highest BCUT2D eigenvalue weighted by Gasteiger charge is 2.26. The molecule has 0 aliphatic carbocycles. The van der Waals surface area contributed by atoms with Gasteiger partial charge in [0.1, 0.15) is 10.7 Å². The largest absolute Gasteiger partial charge is 0.462 e. The lowest BCUT2D eigenvalue weighted by Crippen LogP contribution is -2.19. The molecule has 0 amide bonds. The molecule has 0 aliphatic rings. The van der Waals surface area contributed by atoms with Crippen molar-refractivity contribution in [3.63, 3.8) is 0 Å². The van der Waals surface area contributed by atoms with Crippen LogP contribution >= 0.6 is 11.6 Å². The summed E-state index contributed by atoms with van der Waals surface area (Å²) in [6.07, 6.45) is 2.35. The maximum atomic E-state index is 12.2. The average Bonchev–Trinajstić information content (AvgIpc) is 2.88. The van der Waals surface area contributed by atoms with E-state index in [9.17, 15) is 13.2 Å². The number of esters is 1. The fraction of sp³-hybridized carbons (Fsp3) is 0.200. The van der Waals surface area contributed by atoms with Crippen LogP contribution in [0.3, 0.4) is 0 Å². The Kier molecular flexibility index (Phi) is 4.38. The lowest BCUT2D eigenvalue weighted by molar-refractivity contribution is 0.0522. The molecule has 2 aromatic rings. The minimum atomic E-state index is -4.13. The van der Waals surface area contributed by atoms with Crippen molar-refractivity contribution in [1.82, 2.24) is 20.2 Å². The van der Waals surface area contributed by atoms with E-state index in [1.54, 1.807) is 6.92 Å². The lowest BCUT2D eigenvalue weighted by atomic mass is 10.4. The van der Waals surface area contributed by atoms with Gasteiger partial charge in [0.25, 0.3) is 10.0 Å². The highest BCUT2D eigenvalue weighted by molar-refractivity contribution is 7.92. The predicted molar refractivity (Wildman–Crippen MR) is 72.4 cm³/mol. The van der Waals surface area contributed by atoms with Crippen LogP contribution in [0.4, 0.5) is 5.95 Å². The molecular formula is C10H10ClN5O4S. The van der Waals surface area contributed by atoms with E-state index >= 15 is 0 Å². The Hall–Kier alpha value is -2.20. The van der Waals surface area contributed by atoms with Gasteiger partial charge in [0.05, 0.1) is 12.8 Å². The van der Waals surface area contributed by atoms with Crippen LogP contribution in [-0.2, 0) is 14.8 Å². The van der Waals surface area contributed by atoms with Crippen LogP contribution in [0.15, 0.2) is 23.5 Å². The van der Waals surface area contributed by atoms with Crippen LogP contribution in [0.1, 0.15) is 17.3 Å². The first-order chi connectivity index (χ1) is 9.94. The number of rotatable bonds is 5. The van der Waals surface area contributed by atoms with Crippen LogP contribution < -0.4 is 4.72 Å². The molecule has 0 spiro atoms. The smallest absolute Gasteiger partial charge is 0.342 e. The Morgan fingerprint density at radius 3 is 2.95 bits per heavy atom. The quantitative estimate of drug-likeness (QED) is 0.613. The van der Waals surface area contributed by atoms with Crippen molar-refractivity contribution >= 4 is 33.5 Å². The second-order valence-electron chi connectivity index (χ2n) is 3.64. The molecule has 0 saturated carbocycles. The van der Waals surface area contributed by atoms with Gasteiger partial charge in [0.15, 0.2) is 5.03 Å². The maximum absolute atomic E-state index is 12.2. The lowest BCUT2D eigenvalue weighted by Gasteiger charge is -2.06. The number of carbonyl (C=O) groups excluding carboxylic acids is 1. The van der Waals surface area contributed by atoms with E-state index in [0.717, 1.165) is 6.20 Å². The van der Waals surface area contributed by atoms with Crippen LogP contribution in [-0.4, -0.2) is 41.2 Å². The first-order valence-corrected chi connectivity index (χ1v) is 7.52. The number of halogens is 1. The number of H-pyrrole nitrogens is 1. The van der Waals surface area contributed by atoms with E-state index in [2.05, 4.69) is 24.9 Å². The Labute approximate surface area is 124 Å². The molecule has 0 atom stereocenters. The summed E-state index contributed by atoms with van der Waals surface area (Å²) >= 11 is 5.64. The number of hydrogen-bond acceptors (Lipinski definition) is 7. The minimum Gasteiger partial charge on any atom is -0.462 e. The number of carbonyl (C=O) groups is 1. The summed E-state index contributed by atoms with van der Waals surface area (Å²) in [5, 5.41) is 5.40. The summed E-state index contributed by atoms with van der Waals surface area (Å²) in [5.74, 6) is -1.04. The molecule has 2 rings (SSSR count). The molecule has 0 aliphatic heterocycles. The third kappa shape index (κ3) is 3.47. The normalized spacial score (nSPS) is 11.1. The Balaban J connectivity index is 2.32. The topological polar surface area (TPSA) is 127 Å². The standard InChI is InChI=1S/C10H10ClN5O4S/c1-2-20-9(17)6-5-13-15-8(6)21(18,19)16-10-12-4-3-7(11)14-10/h3-5H,2H2,1H3,(H,13,15)(H,12,14,16). The number of aromatic nitrogens is 4. The number of nitrogens with zero attached hydrogens (tertiary/aromatic N) is 3. The predicted octanol–water partition coefficient (Wildman–Crippen LogP) is 0.831. The molecule has 0 fully saturated rings. The zero-order valence-corrected chi connectivity index (χ0v) is 12.3. The molecule has 0 radical (unpaired) electrons. The Bertz CT molecular complexity index is 760. The van der Waals surface area contributed by atoms with Crippen LogP contribution in [0.25, 0.3) is 0 Å². The highest BCUT2D eigenvalue weighted by atomic mass is 35.5. The van der Waals surface area contributed by atoms with E-state index in [-0.39, 0.29) is 23.3 Å². The summed E-state index contributed by atoms with van der Waals surface area (Å²) in [6.45, 7) is 1.71. The van der Waals surface area contributed by atoms with Gasteiger partial charge < -0.3 is 4.74 Å². The SMILES string of the molecule is CCOC(=O)c1cn[nH]c1S(=O)(=O)Nc1nccc(Cl)n1. The first kappa shape index (κ1) is 15.2. The summed E-state index contributed by atoms with van der Waals surface area (Å²) < 4.78 is 31.2. The van der Waals surface area contributed by atoms with Gasteiger partial charge in [0.2, 0.25) is 5.95 Å². The van der Waals surface area contributed by atoms with Gasteiger partial charge in [-0.3, -0.25) is 5.10 Å². The van der Waals surface area contributed by atoms with Gasteiger partial charge in [-0.25, -0.2) is 19.5 Å². The van der Waals surface area contributed by atoms with Gasteiger partial charge in [-0.1, -0.05) is 11.6 Å². The van der Waals surface area contributed by atoms with E-state index in [4.69, 9.17) is 16.3 Å². The van der Waals surface area contributed by atoms with Crippen LogP contribution in [0, 0.1) is 0 Å². The number of hydrogen-bond donors (Lipinski definition) is 2. The molecule has 0 aromatic carbocycles. The Morgan fingerprint density at radius 2 is 2.29 bits per heavy atom. The van der Waals surface area contributed by atoms with Gasteiger partial charge in [-0.05, 0) is 13.0 Å². The van der Waals surface area contributed by atoms with Gasteiger partial charge >= 0.3 is 5.97 Å². The highest BCUT2D eigenvalue weighted by Crippen LogP contribution is 2.16. The van der Waals surface area contributed by atoms with E-state index in [0.29, 0.717) is 0 Å². The molecule has 9 nitrogen and oxygen atoms in total. The summed E-state index contributed by atoms with van der Waals surface area (Å²) in [5.41, 5.74) is -0.216. The molecule has 2 heterocycles. The third-order valence-electron chi connectivity index (χ3n) is 2.22. The van der Waals surface area contributed by atoms with Crippen LogP contribution in [0.2, 0.25) is 5.15 Å². The molecule has 21 heavy (non-hydrogen) atoms. The Morgan fingerprint density at radius 1 is 1.52 bits per heavy atom. The number of anilines is 1. The molecule has 0 bridgehead atoms. The molecule has 112 valence electrons. The van der Waals surface area contributed by atoms with Crippen molar-refractivity contribution < 1.29 is 17.9 Å². The molecule has 11 heteroatoms. The maximum Gasteiger partial charge on any atom is 0.342 e. The molecule has 0 saturated heterocycles. The molecule has 2 N–H and O–H groups in total. The second kappa shape index (κ2) is 6.06. The molecule has 0 unspecified atom stereocenters. The van der Waals surface area contributed by atoms with Crippen molar-refractivity contribution in [2.75, 3.05) is 11.3 Å². The van der Waals surface area contributed by atoms with Crippen molar-refractivity contribution in [3.05, 3.63) is 29.2 Å². The zero-order chi connectivity index (χ0) is 15.5. The van der Waals surface area contributed by atoms with E-state index in [1.165, 1.54) is 12.3 Å². The summed E-state index contributed by atoms with van der Waals surface area (Å²) in [7, 11) is -4.13. The van der Waals surface area contributed by atoms with Crippen LogP contribution in [0.5, 0.6) is 0 Å². The van der Waals surface area contributed by atoms with Crippen molar-refractivity contribution in [3.8, 4) is 0 Å². The average molecular weight is 332 g/mol. The molecular weight excluding hydrogens is 322 g/mol. The number of nitrogens with one attached hydrogen (secondary N) is 2. The summed E-state index contributed by atoms with van der Waals surface area (Å²) in [6, 6.07) is 1.39. The fourth-order valence-electron chi connectivity index (χ4n) is 1.39. The van der Waals surface area contributed by atoms with Gasteiger partial charge in [-0.2, -0.15) is 13.5 Å². The number of ether oxygens (including phenoxy) is 1. The number of sulfonamides is 1. The minimum absolute atomic E-state index is 0.0675. The van der Waals surface area contributed by atoms with Crippen molar-refractivity contribution in [2.45, 2.75) is 11.9 Å².